The number of ether oxygens (including phenoxy) is 2. The number of nitrogens with zero attached hydrogens (tertiary/aromatic N) is 3. The molecule has 8 nitrogen and oxygen atoms in total. The minimum Gasteiger partial charge on any atom is -0.507 e. The first-order valence-corrected chi connectivity index (χ1v) is 11.7. The zero-order valence-electron chi connectivity index (χ0n) is 19.1. The number of aliphatic hydroxyl groups is 1. The number of ketones is 1. The van der Waals surface area contributed by atoms with E-state index >= 15 is 0 Å². The van der Waals surface area contributed by atoms with Crippen molar-refractivity contribution in [2.24, 2.45) is 0 Å². The predicted octanol–water partition coefficient (Wildman–Crippen LogP) is 4.66. The maximum absolute atomic E-state index is 13.2. The van der Waals surface area contributed by atoms with Crippen LogP contribution in [0.4, 0.5) is 5.13 Å². The van der Waals surface area contributed by atoms with E-state index in [0.29, 0.717) is 34.2 Å². The van der Waals surface area contributed by atoms with Crippen molar-refractivity contribution in [3.8, 4) is 11.5 Å². The van der Waals surface area contributed by atoms with Crippen LogP contribution < -0.4 is 14.4 Å². The Morgan fingerprint density at radius 2 is 1.88 bits per heavy atom. The van der Waals surface area contributed by atoms with E-state index in [9.17, 15) is 14.7 Å². The minimum absolute atomic E-state index is 0.0197. The van der Waals surface area contributed by atoms with Gasteiger partial charge in [0.15, 0.2) is 0 Å². The Morgan fingerprint density at radius 3 is 2.53 bits per heavy atom. The van der Waals surface area contributed by atoms with Crippen LogP contribution in [0.15, 0.2) is 54.1 Å². The Morgan fingerprint density at radius 1 is 1.12 bits per heavy atom. The molecule has 2 aromatic carbocycles. The van der Waals surface area contributed by atoms with E-state index in [4.69, 9.17) is 9.47 Å². The average molecular weight is 480 g/mol. The van der Waals surface area contributed by atoms with Crippen LogP contribution in [0, 0.1) is 6.92 Å². The second-order valence-electron chi connectivity index (χ2n) is 7.78. The summed E-state index contributed by atoms with van der Waals surface area (Å²) >= 11 is 1.20. The van der Waals surface area contributed by atoms with Crippen molar-refractivity contribution >= 4 is 33.9 Å². The molecule has 1 N–H and O–H groups in total. The monoisotopic (exact) mass is 479 g/mol. The highest BCUT2D eigenvalue weighted by molar-refractivity contribution is 7.15. The summed E-state index contributed by atoms with van der Waals surface area (Å²) in [4.78, 5) is 27.7. The molecule has 176 valence electrons. The van der Waals surface area contributed by atoms with Crippen LogP contribution in [-0.2, 0) is 9.59 Å². The van der Waals surface area contributed by atoms with Gasteiger partial charge in [-0.05, 0) is 55.3 Å². The summed E-state index contributed by atoms with van der Waals surface area (Å²) in [6, 6.07) is 13.0. The Kier molecular flexibility index (Phi) is 6.93. The number of carbonyl (C=O) groups excluding carboxylic acids is 2. The lowest BCUT2D eigenvalue weighted by molar-refractivity contribution is -0.132. The SMILES string of the molecule is CCCCOc1cccc(C2C(=C(O)c3ccc(OC)cc3)C(=O)C(=O)N2c2nnc(C)s2)c1. The summed E-state index contributed by atoms with van der Waals surface area (Å²) in [6.45, 7) is 4.41. The first-order chi connectivity index (χ1) is 16.4. The highest BCUT2D eigenvalue weighted by atomic mass is 32.1. The number of hydrogen-bond acceptors (Lipinski definition) is 8. The maximum atomic E-state index is 13.2. The molecule has 0 spiro atoms. The normalized spacial score (nSPS) is 17.3. The zero-order chi connectivity index (χ0) is 24.2. The molecule has 4 rings (SSSR count). The molecule has 1 aromatic heterocycles. The number of carbonyl (C=O) groups is 2. The van der Waals surface area contributed by atoms with Crippen LogP contribution in [0.5, 0.6) is 11.5 Å². The lowest BCUT2D eigenvalue weighted by Gasteiger charge is -2.23. The van der Waals surface area contributed by atoms with Gasteiger partial charge in [0, 0.05) is 5.56 Å². The Balaban J connectivity index is 1.85. The fourth-order valence-corrected chi connectivity index (χ4v) is 4.46. The van der Waals surface area contributed by atoms with E-state index in [-0.39, 0.29) is 16.5 Å². The highest BCUT2D eigenvalue weighted by Gasteiger charge is 2.48. The fourth-order valence-electron chi connectivity index (χ4n) is 3.74. The molecule has 1 fully saturated rings. The Bertz CT molecular complexity index is 1240. The summed E-state index contributed by atoms with van der Waals surface area (Å²) in [5.74, 6) is -0.603. The summed E-state index contributed by atoms with van der Waals surface area (Å²) < 4.78 is 11.0. The van der Waals surface area contributed by atoms with Gasteiger partial charge in [-0.3, -0.25) is 14.5 Å². The number of hydrogen-bond donors (Lipinski definition) is 1. The molecule has 0 saturated carbocycles. The first kappa shape index (κ1) is 23.4. The number of rotatable bonds is 8. The van der Waals surface area contributed by atoms with Crippen LogP contribution in [-0.4, -0.2) is 40.7 Å². The average Bonchev–Trinajstić information content (AvgIpc) is 3.39. The maximum Gasteiger partial charge on any atom is 0.301 e. The van der Waals surface area contributed by atoms with Gasteiger partial charge < -0.3 is 14.6 Å². The number of methoxy groups -OCH3 is 1. The highest BCUT2D eigenvalue weighted by Crippen LogP contribution is 2.43. The van der Waals surface area contributed by atoms with E-state index in [1.165, 1.54) is 16.2 Å². The van der Waals surface area contributed by atoms with Gasteiger partial charge in [0.05, 0.1) is 25.3 Å². The number of unbranched alkanes of at least 4 members (excludes halogenated alkanes) is 1. The van der Waals surface area contributed by atoms with Crippen molar-refractivity contribution in [2.45, 2.75) is 32.7 Å². The summed E-state index contributed by atoms with van der Waals surface area (Å²) in [5, 5.41) is 20.2. The predicted molar refractivity (Wildman–Crippen MR) is 129 cm³/mol. The van der Waals surface area contributed by atoms with Crippen LogP contribution in [0.2, 0.25) is 0 Å². The number of aromatic nitrogens is 2. The lowest BCUT2D eigenvalue weighted by Crippen LogP contribution is -2.29. The molecule has 1 amide bonds. The van der Waals surface area contributed by atoms with Crippen molar-refractivity contribution in [3.05, 3.63) is 70.2 Å². The third-order valence-corrected chi connectivity index (χ3v) is 6.31. The molecule has 1 aliphatic heterocycles. The van der Waals surface area contributed by atoms with E-state index in [0.717, 1.165) is 12.8 Å². The molecule has 34 heavy (non-hydrogen) atoms. The number of aliphatic hydroxyl groups excluding tert-OH is 1. The van der Waals surface area contributed by atoms with Gasteiger partial charge in [0.1, 0.15) is 22.3 Å². The van der Waals surface area contributed by atoms with Crippen LogP contribution in [0.25, 0.3) is 5.76 Å². The van der Waals surface area contributed by atoms with E-state index in [1.54, 1.807) is 56.5 Å². The Hall–Kier alpha value is -3.72. The second-order valence-corrected chi connectivity index (χ2v) is 8.94. The van der Waals surface area contributed by atoms with Crippen molar-refractivity contribution in [1.82, 2.24) is 10.2 Å². The van der Waals surface area contributed by atoms with Gasteiger partial charge in [0.2, 0.25) is 5.13 Å². The van der Waals surface area contributed by atoms with Crippen LogP contribution in [0.1, 0.15) is 41.9 Å². The fraction of sp³-hybridized carbons (Fsp3) is 0.280. The van der Waals surface area contributed by atoms with E-state index in [1.807, 2.05) is 6.07 Å². The molecule has 3 aromatic rings. The van der Waals surface area contributed by atoms with Crippen molar-refractivity contribution < 1.29 is 24.2 Å². The Labute approximate surface area is 201 Å². The molecule has 2 heterocycles. The topological polar surface area (TPSA) is 102 Å². The summed E-state index contributed by atoms with van der Waals surface area (Å²) in [6.07, 6.45) is 1.91. The second kappa shape index (κ2) is 10.0. The van der Waals surface area contributed by atoms with E-state index < -0.39 is 17.7 Å². The van der Waals surface area contributed by atoms with Crippen LogP contribution in [0.3, 0.4) is 0 Å². The molecular weight excluding hydrogens is 454 g/mol. The quantitative estimate of drug-likeness (QED) is 0.217. The first-order valence-electron chi connectivity index (χ1n) is 10.9. The van der Waals surface area contributed by atoms with Gasteiger partial charge in [-0.2, -0.15) is 0 Å². The molecule has 0 radical (unpaired) electrons. The number of Topliss-reactive ketones (excluding diaryl/α,β-unsaturated/α-hetero) is 1. The van der Waals surface area contributed by atoms with Crippen LogP contribution >= 0.6 is 11.3 Å². The van der Waals surface area contributed by atoms with E-state index in [2.05, 4.69) is 17.1 Å². The van der Waals surface area contributed by atoms with Gasteiger partial charge in [-0.1, -0.05) is 36.8 Å². The molecule has 0 aliphatic carbocycles. The van der Waals surface area contributed by atoms with Gasteiger partial charge >= 0.3 is 5.91 Å². The van der Waals surface area contributed by atoms with Gasteiger partial charge in [-0.15, -0.1) is 10.2 Å². The lowest BCUT2D eigenvalue weighted by atomic mass is 9.95. The molecule has 0 bridgehead atoms. The molecule has 1 saturated heterocycles. The summed E-state index contributed by atoms with van der Waals surface area (Å²) in [5.41, 5.74) is 0.998. The largest absolute Gasteiger partial charge is 0.507 e. The molecular formula is C25H25N3O5S. The third-order valence-electron chi connectivity index (χ3n) is 5.47. The number of benzene rings is 2. The molecule has 1 atom stereocenters. The number of aryl methyl sites for hydroxylation is 1. The van der Waals surface area contributed by atoms with Gasteiger partial charge in [-0.25, -0.2) is 0 Å². The number of anilines is 1. The standard InChI is InChI=1S/C25H25N3O5S/c1-4-5-13-33-19-8-6-7-17(14-19)21-20(22(29)16-9-11-18(32-3)12-10-16)23(30)24(31)28(21)25-27-26-15(2)34-25/h6-12,14,21,29H,4-5,13H2,1-3H3. The van der Waals surface area contributed by atoms with Crippen molar-refractivity contribution in [3.63, 3.8) is 0 Å². The molecule has 1 unspecified atom stereocenters. The molecule has 1 aliphatic rings. The number of amides is 1. The molecule has 9 heteroatoms. The van der Waals surface area contributed by atoms with Crippen molar-refractivity contribution in [2.75, 3.05) is 18.6 Å². The smallest absolute Gasteiger partial charge is 0.301 e. The third kappa shape index (κ3) is 4.51. The minimum atomic E-state index is -0.885. The van der Waals surface area contributed by atoms with Gasteiger partial charge in [0.25, 0.3) is 5.78 Å². The summed E-state index contributed by atoms with van der Waals surface area (Å²) in [7, 11) is 1.54. The zero-order valence-corrected chi connectivity index (χ0v) is 20.0. The van der Waals surface area contributed by atoms with Crippen molar-refractivity contribution in [1.29, 1.82) is 0 Å².